The normalized spacial score (nSPS) is 17.9. The van der Waals surface area contributed by atoms with Crippen LogP contribution in [0.1, 0.15) is 49.7 Å². The third-order valence-corrected chi connectivity index (χ3v) is 5.81. The zero-order valence-corrected chi connectivity index (χ0v) is 18.8. The molecule has 0 aromatic carbocycles. The van der Waals surface area contributed by atoms with E-state index in [1.807, 2.05) is 26.0 Å². The maximum absolute atomic E-state index is 13.1. The maximum atomic E-state index is 13.1. The third kappa shape index (κ3) is 4.78. The van der Waals surface area contributed by atoms with Crippen LogP contribution in [0.4, 0.5) is 11.5 Å². The van der Waals surface area contributed by atoms with Crippen molar-refractivity contribution < 1.29 is 9.59 Å². The van der Waals surface area contributed by atoms with Crippen LogP contribution < -0.4 is 21.9 Å². The van der Waals surface area contributed by atoms with Crippen LogP contribution >= 0.6 is 0 Å². The van der Waals surface area contributed by atoms with Gasteiger partial charge >= 0.3 is 0 Å². The van der Waals surface area contributed by atoms with Crippen molar-refractivity contribution in [2.24, 2.45) is 11.3 Å². The van der Waals surface area contributed by atoms with Crippen LogP contribution in [0.25, 0.3) is 0 Å². The quantitative estimate of drug-likeness (QED) is 0.656. The van der Waals surface area contributed by atoms with Crippen molar-refractivity contribution in [3.63, 3.8) is 0 Å². The van der Waals surface area contributed by atoms with E-state index in [0.29, 0.717) is 30.4 Å². The molecule has 2 aromatic heterocycles. The summed E-state index contributed by atoms with van der Waals surface area (Å²) in [4.78, 5) is 42.5. The van der Waals surface area contributed by atoms with Gasteiger partial charge in [-0.25, -0.2) is 4.98 Å². The fourth-order valence-corrected chi connectivity index (χ4v) is 4.32. The minimum Gasteiger partial charge on any atom is -0.384 e. The summed E-state index contributed by atoms with van der Waals surface area (Å²) in [6, 6.07) is 5.40. The van der Waals surface area contributed by atoms with Gasteiger partial charge in [0, 0.05) is 17.9 Å². The number of rotatable bonds is 6. The lowest BCUT2D eigenvalue weighted by Gasteiger charge is -2.35. The first-order valence-electron chi connectivity index (χ1n) is 10.5. The van der Waals surface area contributed by atoms with Gasteiger partial charge in [0.25, 0.3) is 5.56 Å². The van der Waals surface area contributed by atoms with Gasteiger partial charge < -0.3 is 20.9 Å². The van der Waals surface area contributed by atoms with E-state index in [1.54, 1.807) is 13.0 Å². The smallest absolute Gasteiger partial charge is 0.275 e. The van der Waals surface area contributed by atoms with E-state index in [9.17, 15) is 14.4 Å². The number of amides is 2. The average molecular weight is 426 g/mol. The van der Waals surface area contributed by atoms with Gasteiger partial charge in [-0.05, 0) is 55.9 Å². The number of fused-ring (bicyclic) bond motifs is 1. The second kappa shape index (κ2) is 8.53. The number of anilines is 2. The Morgan fingerprint density at radius 2 is 2.03 bits per heavy atom. The molecule has 166 valence electrons. The number of nitrogens with one attached hydrogen (secondary N) is 2. The lowest BCUT2D eigenvalue weighted by Crippen LogP contribution is -2.44. The van der Waals surface area contributed by atoms with Crippen LogP contribution in [0.5, 0.6) is 0 Å². The number of hydrogen-bond acceptors (Lipinski definition) is 5. The van der Waals surface area contributed by atoms with E-state index in [-0.39, 0.29) is 29.6 Å². The molecule has 31 heavy (non-hydrogen) atoms. The van der Waals surface area contributed by atoms with E-state index in [0.717, 1.165) is 23.2 Å². The van der Waals surface area contributed by atoms with Crippen LogP contribution in [-0.4, -0.2) is 21.4 Å². The largest absolute Gasteiger partial charge is 0.384 e. The maximum Gasteiger partial charge on any atom is 0.275 e. The number of aromatic nitrogens is 2. The molecule has 8 nitrogen and oxygen atoms in total. The van der Waals surface area contributed by atoms with Gasteiger partial charge in [0.15, 0.2) is 0 Å². The Kier molecular flexibility index (Phi) is 6.20. The first-order valence-corrected chi connectivity index (χ1v) is 10.5. The Hall–Kier alpha value is -3.16. The molecular formula is C23H31N5O3. The summed E-state index contributed by atoms with van der Waals surface area (Å²) >= 11 is 0. The number of carbonyl (C=O) groups excluding carboxylic acids is 2. The highest BCUT2D eigenvalue weighted by molar-refractivity contribution is 5.98. The number of nitrogen functional groups attached to an aromatic ring is 1. The first-order chi connectivity index (χ1) is 14.5. The van der Waals surface area contributed by atoms with Crippen LogP contribution in [0.15, 0.2) is 23.0 Å². The summed E-state index contributed by atoms with van der Waals surface area (Å²) in [5.74, 6) is 0.350. The minimum atomic E-state index is -0.547. The second-order valence-corrected chi connectivity index (χ2v) is 9.12. The molecule has 4 N–H and O–H groups in total. The van der Waals surface area contributed by atoms with Crippen LogP contribution in [0, 0.1) is 25.2 Å². The zero-order valence-electron chi connectivity index (χ0n) is 18.8. The van der Waals surface area contributed by atoms with Crippen molar-refractivity contribution in [1.29, 1.82) is 0 Å². The van der Waals surface area contributed by atoms with Crippen LogP contribution in [0.2, 0.25) is 0 Å². The first kappa shape index (κ1) is 22.5. The lowest BCUT2D eigenvalue weighted by atomic mass is 9.74. The number of carbonyl (C=O) groups is 2. The molecule has 8 heteroatoms. The molecule has 0 unspecified atom stereocenters. The third-order valence-electron chi connectivity index (χ3n) is 5.81. The molecule has 3 heterocycles. The van der Waals surface area contributed by atoms with Crippen molar-refractivity contribution in [2.75, 3.05) is 11.1 Å². The van der Waals surface area contributed by atoms with E-state index >= 15 is 0 Å². The molecular weight excluding hydrogens is 394 g/mol. The predicted molar refractivity (Wildman–Crippen MR) is 121 cm³/mol. The molecule has 3 rings (SSSR count). The summed E-state index contributed by atoms with van der Waals surface area (Å²) in [7, 11) is 0. The van der Waals surface area contributed by atoms with E-state index in [1.165, 1.54) is 4.57 Å². The van der Waals surface area contributed by atoms with Gasteiger partial charge in [-0.1, -0.05) is 26.8 Å². The minimum absolute atomic E-state index is 0.126. The number of nitrogens with two attached hydrogens (primary N) is 1. The van der Waals surface area contributed by atoms with Crippen LogP contribution in [-0.2, 0) is 29.1 Å². The topological polar surface area (TPSA) is 119 Å². The highest BCUT2D eigenvalue weighted by Gasteiger charge is 2.39. The Balaban J connectivity index is 1.78. The lowest BCUT2D eigenvalue weighted by molar-refractivity contribution is -0.126. The molecule has 0 bridgehead atoms. The number of nitrogens with zero attached hydrogens (tertiary/aromatic N) is 2. The summed E-state index contributed by atoms with van der Waals surface area (Å²) in [6.07, 6.45) is 1.25. The molecule has 0 fully saturated rings. The predicted octanol–water partition coefficient (Wildman–Crippen LogP) is 2.31. The second-order valence-electron chi connectivity index (χ2n) is 9.12. The number of pyridine rings is 2. The van der Waals surface area contributed by atoms with Crippen molar-refractivity contribution in [2.45, 2.75) is 60.5 Å². The van der Waals surface area contributed by atoms with Crippen LogP contribution in [0.3, 0.4) is 0 Å². The molecule has 2 amide bonds. The number of aryl methyl sites for hydroxylation is 2. The molecule has 2 aromatic rings. The van der Waals surface area contributed by atoms with Gasteiger partial charge in [0.2, 0.25) is 11.8 Å². The summed E-state index contributed by atoms with van der Waals surface area (Å²) in [5, 5.41) is 5.63. The van der Waals surface area contributed by atoms with Crippen molar-refractivity contribution in [1.82, 2.24) is 14.9 Å². The molecule has 1 aliphatic heterocycles. The highest BCUT2D eigenvalue weighted by Crippen LogP contribution is 2.37. The standard InChI is InChI=1S/C23H31N5O3/c1-13(2)9-23(5)10-17-8-14(3)28(21(30)20(17)27-22(23)31)12-19(29)25-11-16-6-7-18(24)26-15(16)4/h6-8,13H,9-12H2,1-5H3,(H2,24,26)(H,25,29)(H,27,31)/t23-/m1/s1. The fourth-order valence-electron chi connectivity index (χ4n) is 4.32. The molecule has 0 saturated carbocycles. The monoisotopic (exact) mass is 425 g/mol. The SMILES string of the molecule is Cc1nc(N)ccc1CNC(=O)Cn1c(C)cc2c(c1=O)NC(=O)[C@](C)(CC(C)C)C2. The molecule has 0 aliphatic carbocycles. The van der Waals surface area contributed by atoms with E-state index < -0.39 is 5.41 Å². The van der Waals surface area contributed by atoms with Crippen molar-refractivity contribution >= 4 is 23.3 Å². The summed E-state index contributed by atoms with van der Waals surface area (Å²) in [5.41, 5.74) is 8.15. The Morgan fingerprint density at radius 3 is 2.68 bits per heavy atom. The summed E-state index contributed by atoms with van der Waals surface area (Å²) < 4.78 is 1.40. The molecule has 0 saturated heterocycles. The Morgan fingerprint density at radius 1 is 1.32 bits per heavy atom. The zero-order chi connectivity index (χ0) is 22.9. The fraction of sp³-hybridized carbons (Fsp3) is 0.478. The summed E-state index contributed by atoms with van der Waals surface area (Å²) in [6.45, 7) is 9.90. The van der Waals surface area contributed by atoms with Gasteiger partial charge in [0.05, 0.1) is 5.41 Å². The van der Waals surface area contributed by atoms with E-state index in [4.69, 9.17) is 5.73 Å². The average Bonchev–Trinajstić information content (AvgIpc) is 2.66. The Labute approximate surface area is 182 Å². The Bertz CT molecular complexity index is 1090. The molecule has 0 spiro atoms. The van der Waals surface area contributed by atoms with Gasteiger partial charge in [-0.2, -0.15) is 0 Å². The van der Waals surface area contributed by atoms with Crippen molar-refractivity contribution in [3.05, 3.63) is 51.1 Å². The van der Waals surface area contributed by atoms with Gasteiger partial charge in [-0.3, -0.25) is 14.4 Å². The van der Waals surface area contributed by atoms with Crippen molar-refractivity contribution in [3.8, 4) is 0 Å². The molecule has 1 aliphatic rings. The van der Waals surface area contributed by atoms with Gasteiger partial charge in [0.1, 0.15) is 18.1 Å². The molecule has 0 radical (unpaired) electrons. The molecule has 1 atom stereocenters. The number of hydrogen-bond donors (Lipinski definition) is 3. The highest BCUT2D eigenvalue weighted by atomic mass is 16.2. The van der Waals surface area contributed by atoms with E-state index in [2.05, 4.69) is 29.5 Å². The van der Waals surface area contributed by atoms with Gasteiger partial charge in [-0.15, -0.1) is 0 Å².